The van der Waals surface area contributed by atoms with Crippen LogP contribution in [0.5, 0.6) is 5.75 Å². The van der Waals surface area contributed by atoms with Gasteiger partial charge in [-0.05, 0) is 61.4 Å². The van der Waals surface area contributed by atoms with Crippen molar-refractivity contribution in [2.45, 2.75) is 31.6 Å². The van der Waals surface area contributed by atoms with Crippen molar-refractivity contribution < 1.29 is 22.7 Å². The minimum Gasteiger partial charge on any atom is -0.497 e. The molecule has 0 bridgehead atoms. The number of sulfonamides is 1. The molecular weight excluding hydrogens is 665 g/mol. The van der Waals surface area contributed by atoms with Gasteiger partial charge in [-0.25, -0.2) is 13.4 Å². The molecule has 5 aromatic rings. The largest absolute Gasteiger partial charge is 0.497 e. The molecule has 0 radical (unpaired) electrons. The first-order valence-corrected chi connectivity index (χ1v) is 17.6. The summed E-state index contributed by atoms with van der Waals surface area (Å²) in [5.74, 6) is 0.597. The minimum atomic E-state index is -3.77. The second kappa shape index (κ2) is 14.6. The van der Waals surface area contributed by atoms with Crippen molar-refractivity contribution in [3.05, 3.63) is 93.2 Å². The topological polar surface area (TPSA) is 88.7 Å². The van der Waals surface area contributed by atoms with Gasteiger partial charge in [-0.3, -0.25) is 0 Å². The lowest BCUT2D eigenvalue weighted by molar-refractivity contribution is -0.651. The highest BCUT2D eigenvalue weighted by molar-refractivity contribution is 7.89. The molecule has 3 N–H and O–H groups in total. The summed E-state index contributed by atoms with van der Waals surface area (Å²) in [4.78, 5) is 3.53. The van der Waals surface area contributed by atoms with Gasteiger partial charge in [0, 0.05) is 68.3 Å². The third-order valence-electron chi connectivity index (χ3n) is 8.04. The molecule has 0 saturated carbocycles. The third-order valence-corrected chi connectivity index (χ3v) is 10.7. The van der Waals surface area contributed by atoms with Gasteiger partial charge in [0.2, 0.25) is 21.1 Å². The molecule has 3 aromatic carbocycles. The second-order valence-corrected chi connectivity index (χ2v) is 14.5. The number of anilines is 2. The first kappa shape index (κ1) is 34.0. The van der Waals surface area contributed by atoms with Crippen molar-refractivity contribution in [2.75, 3.05) is 43.9 Å². The number of benzene rings is 3. The smallest absolute Gasteiger partial charge is 0.243 e. The van der Waals surface area contributed by atoms with Gasteiger partial charge in [0.15, 0.2) is 11.4 Å². The number of aromatic nitrogens is 2. The van der Waals surface area contributed by atoms with E-state index >= 15 is 0 Å². The highest BCUT2D eigenvalue weighted by Gasteiger charge is 2.24. The number of unbranched alkanes of at least 4 members (excludes halogenated alkanes) is 1. The third kappa shape index (κ3) is 7.61. The Bertz CT molecular complexity index is 1990. The fourth-order valence-electron chi connectivity index (χ4n) is 5.52. The number of nitrogens with zero attached hydrogens (tertiary/aromatic N) is 2. The van der Waals surface area contributed by atoms with Gasteiger partial charge in [0.25, 0.3) is 0 Å². The summed E-state index contributed by atoms with van der Waals surface area (Å²) in [6.07, 6.45) is 1.39. The first-order chi connectivity index (χ1) is 22.0. The van der Waals surface area contributed by atoms with Gasteiger partial charge in [0.1, 0.15) is 17.8 Å². The molecule has 2 aromatic heterocycles. The molecular formula is C34H38Cl3N5O3S+2. The van der Waals surface area contributed by atoms with E-state index in [0.717, 1.165) is 51.0 Å². The van der Waals surface area contributed by atoms with Crippen LogP contribution in [0.4, 0.5) is 11.4 Å². The van der Waals surface area contributed by atoms with E-state index in [1.807, 2.05) is 51.2 Å². The van der Waals surface area contributed by atoms with Crippen molar-refractivity contribution in [3.8, 4) is 5.75 Å². The average Bonchev–Trinajstić information content (AvgIpc) is 3.02. The Kier molecular flexibility index (Phi) is 10.8. The van der Waals surface area contributed by atoms with E-state index in [1.165, 1.54) is 0 Å². The molecule has 0 saturated heterocycles. The number of methoxy groups -OCH3 is 1. The van der Waals surface area contributed by atoms with E-state index in [4.69, 9.17) is 39.5 Å². The molecule has 0 spiro atoms. The van der Waals surface area contributed by atoms with Gasteiger partial charge >= 0.3 is 0 Å². The monoisotopic (exact) mass is 701 g/mol. The number of H-pyrrole nitrogens is 1. The molecule has 0 fully saturated rings. The number of pyridine rings is 2. The number of nitrogens with one attached hydrogen (secondary N) is 3. The summed E-state index contributed by atoms with van der Waals surface area (Å²) in [7, 11) is -0.203. The zero-order valence-electron chi connectivity index (χ0n) is 26.3. The van der Waals surface area contributed by atoms with Crippen LogP contribution in [0, 0.1) is 13.8 Å². The Morgan fingerprint density at radius 3 is 2.26 bits per heavy atom. The van der Waals surface area contributed by atoms with Crippen LogP contribution in [0.25, 0.3) is 21.8 Å². The number of aromatic amines is 1. The minimum absolute atomic E-state index is 0.225. The molecule has 0 amide bonds. The van der Waals surface area contributed by atoms with Crippen LogP contribution in [0.15, 0.2) is 71.6 Å². The van der Waals surface area contributed by atoms with Gasteiger partial charge in [-0.1, -0.05) is 34.8 Å². The van der Waals surface area contributed by atoms with Crippen molar-refractivity contribution in [1.29, 1.82) is 0 Å². The second-order valence-electron chi connectivity index (χ2n) is 11.2. The predicted molar refractivity (Wildman–Crippen MR) is 188 cm³/mol. The summed E-state index contributed by atoms with van der Waals surface area (Å²) in [5.41, 5.74) is 5.70. The Morgan fingerprint density at radius 1 is 0.826 bits per heavy atom. The molecule has 12 heteroatoms. The van der Waals surface area contributed by atoms with Gasteiger partial charge < -0.3 is 15.4 Å². The summed E-state index contributed by atoms with van der Waals surface area (Å²) in [6, 6.07) is 20.0. The highest BCUT2D eigenvalue weighted by Crippen LogP contribution is 2.30. The molecule has 2 heterocycles. The van der Waals surface area contributed by atoms with Crippen LogP contribution in [0.3, 0.4) is 0 Å². The van der Waals surface area contributed by atoms with Gasteiger partial charge in [0.05, 0.1) is 34.2 Å². The Balaban J connectivity index is 1.30. The number of hydrogen-bond acceptors (Lipinski definition) is 5. The van der Waals surface area contributed by atoms with Crippen molar-refractivity contribution in [2.24, 2.45) is 7.05 Å². The Labute approximate surface area is 285 Å². The van der Waals surface area contributed by atoms with E-state index in [1.54, 1.807) is 41.7 Å². The zero-order chi connectivity index (χ0) is 33.0. The molecule has 8 nitrogen and oxygen atoms in total. The SMILES string of the molecule is COc1ccc(S(=O)(=O)N(CCCCNc2cc(C)[nH+]c3c(Cl)cc(Cl)cc23)CCNc2cc(C)[n+](C)c3ccc(Cl)cc23)cc1. The maximum atomic E-state index is 13.9. The molecule has 46 heavy (non-hydrogen) atoms. The Hall–Kier alpha value is -3.34. The van der Waals surface area contributed by atoms with Crippen molar-refractivity contribution in [3.63, 3.8) is 0 Å². The van der Waals surface area contributed by atoms with Crippen LogP contribution < -0.4 is 24.9 Å². The van der Waals surface area contributed by atoms with Crippen LogP contribution in [0.1, 0.15) is 24.2 Å². The molecule has 242 valence electrons. The van der Waals surface area contributed by atoms with Crippen LogP contribution in [-0.4, -0.2) is 46.0 Å². The molecule has 0 aliphatic heterocycles. The molecule has 0 aliphatic carbocycles. The number of rotatable bonds is 13. The van der Waals surface area contributed by atoms with E-state index in [0.29, 0.717) is 46.9 Å². The van der Waals surface area contributed by atoms with E-state index in [9.17, 15) is 8.42 Å². The van der Waals surface area contributed by atoms with E-state index in [-0.39, 0.29) is 11.4 Å². The number of aryl methyl sites for hydroxylation is 3. The summed E-state index contributed by atoms with van der Waals surface area (Å²) >= 11 is 19.1. The fraction of sp³-hybridized carbons (Fsp3) is 0.294. The first-order valence-electron chi connectivity index (χ1n) is 15.0. The lowest BCUT2D eigenvalue weighted by Crippen LogP contribution is -2.36. The van der Waals surface area contributed by atoms with Crippen LogP contribution in [-0.2, 0) is 17.1 Å². The van der Waals surface area contributed by atoms with Crippen LogP contribution >= 0.6 is 34.8 Å². The normalized spacial score (nSPS) is 11.8. The average molecular weight is 703 g/mol. The molecule has 0 atom stereocenters. The summed E-state index contributed by atoms with van der Waals surface area (Å²) in [5, 5.41) is 10.6. The maximum Gasteiger partial charge on any atom is 0.243 e. The number of fused-ring (bicyclic) bond motifs is 2. The number of hydrogen-bond donors (Lipinski definition) is 2. The maximum absolute atomic E-state index is 13.9. The van der Waals surface area contributed by atoms with Gasteiger partial charge in [-0.2, -0.15) is 8.87 Å². The fourth-order valence-corrected chi connectivity index (χ4v) is 7.72. The molecule has 0 unspecified atom stereocenters. The van der Waals surface area contributed by atoms with Crippen molar-refractivity contribution >= 4 is 78.0 Å². The van der Waals surface area contributed by atoms with Gasteiger partial charge in [-0.15, -0.1) is 0 Å². The lowest BCUT2D eigenvalue weighted by atomic mass is 10.1. The number of ether oxygens (including phenoxy) is 1. The lowest BCUT2D eigenvalue weighted by Gasteiger charge is -2.23. The predicted octanol–water partition coefficient (Wildman–Crippen LogP) is 7.21. The van der Waals surface area contributed by atoms with Crippen molar-refractivity contribution in [1.82, 2.24) is 4.31 Å². The summed E-state index contributed by atoms with van der Waals surface area (Å²) < 4.78 is 36.6. The zero-order valence-corrected chi connectivity index (χ0v) is 29.3. The molecule has 0 aliphatic rings. The molecule has 5 rings (SSSR count). The number of halogens is 3. The highest BCUT2D eigenvalue weighted by atomic mass is 35.5. The summed E-state index contributed by atoms with van der Waals surface area (Å²) in [6.45, 7) is 5.70. The quantitative estimate of drug-likeness (QED) is 0.100. The van der Waals surface area contributed by atoms with E-state index in [2.05, 4.69) is 26.3 Å². The standard InChI is InChI=1S/C34H36Cl3N5O3S/c1-22-17-31(29-20-25(36)21-30(37)34(29)40-22)38-13-5-6-15-42(46(43,44)27-10-8-26(45-4)9-11-27)16-14-39-32-18-23(2)41(3)33-12-7-24(35)19-28(32)33/h7-12,17-21H,5-6,13-16H2,1-4H3,(H,38,40)/p+2. The van der Waals surface area contributed by atoms with E-state index < -0.39 is 10.0 Å². The Morgan fingerprint density at radius 2 is 1.52 bits per heavy atom. The van der Waals surface area contributed by atoms with Crippen LogP contribution in [0.2, 0.25) is 15.1 Å².